The number of fused-ring (bicyclic) bond motifs is 2. The third kappa shape index (κ3) is 23.2. The maximum absolute atomic E-state index is 13.9. The van der Waals surface area contributed by atoms with E-state index in [1.807, 2.05) is 74.8 Å². The predicted octanol–water partition coefficient (Wildman–Crippen LogP) is 6.58. The number of piperidine rings is 2. The number of halogens is 6. The number of pyridine rings is 2. The minimum absolute atomic E-state index is 0.0253. The molecule has 6 fully saturated rings. The topological polar surface area (TPSA) is 409 Å². The molecule has 8 aliphatic heterocycles. The van der Waals surface area contributed by atoms with Gasteiger partial charge in [0.15, 0.2) is 0 Å². The second-order valence-electron chi connectivity index (χ2n) is 33.9. The van der Waals surface area contributed by atoms with E-state index in [-0.39, 0.29) is 79.5 Å². The van der Waals surface area contributed by atoms with Crippen LogP contribution in [-0.4, -0.2) is 282 Å². The number of carboxylic acids is 1. The number of aliphatic carboxylic acids is 1. The predicted molar refractivity (Wildman–Crippen MR) is 479 cm³/mol. The maximum atomic E-state index is 13.9. The van der Waals surface area contributed by atoms with Gasteiger partial charge in [-0.3, -0.25) is 107 Å². The molecule has 2 aromatic heterocycles. The van der Waals surface area contributed by atoms with Gasteiger partial charge in [0.1, 0.15) is 12.1 Å². The van der Waals surface area contributed by atoms with Gasteiger partial charge in [0.2, 0.25) is 40.7 Å². The van der Waals surface area contributed by atoms with E-state index in [1.54, 1.807) is 30.3 Å². The highest BCUT2D eigenvalue weighted by atomic mass is 19.4. The number of nitrogens with one attached hydrogen (secondary N) is 7. The summed E-state index contributed by atoms with van der Waals surface area (Å²) >= 11 is 0. The molecule has 0 aliphatic carbocycles. The summed E-state index contributed by atoms with van der Waals surface area (Å²) in [5.41, 5.74) is 9.37. The van der Waals surface area contributed by atoms with Crippen molar-refractivity contribution in [3.63, 3.8) is 0 Å². The number of likely N-dealkylation sites (N-methyl/N-ethyl adjacent to an activating group) is 2. The number of piperazine rings is 4. The van der Waals surface area contributed by atoms with Crippen LogP contribution in [0.4, 0.5) is 49.1 Å². The fourth-order valence-corrected chi connectivity index (χ4v) is 17.7. The summed E-state index contributed by atoms with van der Waals surface area (Å²) in [5.74, 6) is -7.78. The van der Waals surface area contributed by atoms with Crippen LogP contribution in [0.3, 0.4) is 0 Å². The van der Waals surface area contributed by atoms with Crippen molar-refractivity contribution in [2.45, 2.75) is 88.9 Å². The minimum Gasteiger partial charge on any atom is -0.481 e. The fraction of sp³-hybridized carbons (Fsp3) is 0.383. The monoisotopic (exact) mass is 1840 g/mol. The second-order valence-corrected chi connectivity index (χ2v) is 33.9. The molecule has 16 rings (SSSR count). The number of carbonyl (C=O) groups excluding carboxylic acids is 11. The van der Waals surface area contributed by atoms with Crippen molar-refractivity contribution in [1.82, 2.24) is 65.1 Å². The van der Waals surface area contributed by atoms with Crippen LogP contribution in [0.1, 0.15) is 134 Å². The number of aromatic amines is 2. The maximum Gasteiger partial charge on any atom is 0.417 e. The Labute approximate surface area is 759 Å². The molecule has 8 aromatic rings. The van der Waals surface area contributed by atoms with Crippen molar-refractivity contribution in [1.29, 1.82) is 0 Å². The van der Waals surface area contributed by atoms with E-state index in [2.05, 4.69) is 94.0 Å². The van der Waals surface area contributed by atoms with Crippen LogP contribution in [0.5, 0.6) is 0 Å². The Morgan fingerprint density at radius 1 is 0.451 bits per heavy atom. The molecule has 2 atom stereocenters. The Hall–Kier alpha value is -13.4. The first-order valence-corrected chi connectivity index (χ1v) is 43.9. The number of amides is 11. The fourth-order valence-electron chi connectivity index (χ4n) is 17.7. The number of anilines is 4. The molecule has 133 heavy (non-hydrogen) atoms. The number of imide groups is 4. The van der Waals surface area contributed by atoms with E-state index in [0.717, 1.165) is 153 Å². The number of hydrogen-bond donors (Lipinski definition) is 9. The standard InChI is InChI=1S/C47H50F3N9O7.C31H38F3N7O2.C16H14N2O6/c1-55-16-22-58(23-17-55)37-10-8-32(25-36(37)53-43(63)34-27-52-41(62)26-35(34)47(48,49)50)31-6-2-4-29(24-31)28-57-20-18-56(19-21-57)15-14-51-39(60)12-9-30-5-3-7-33-42(30)46(66)59(45(33)65)38-11-13-40(61)54-44(38)64;1-38-9-15-41(16-10-38)28-6-5-24(18-27(28)37-30(43)25-20-36-29(42)19-26(25)31(32,33)34)23-4-2-3-22(17-23)21-40-13-11-39(8-7-35)12-14-40;19-11-6-5-10(14(22)17-11)18-15(23)9-3-1-2-8(4-7-12(20)21)13(9)16(18)24/h2-8,10,24-27,38H,9,11-23,28H2,1H3,(H,51,60)(H,52,62)(H,53,63)(H,54,61,64);2-6,17-20H,7-16,21,35H2,1H3,(H,36,42)(H,37,43);1-3,10H,4-7H2,(H,20,21)(H,17,19,22). The first kappa shape index (κ1) is 95.6. The van der Waals surface area contributed by atoms with Crippen molar-refractivity contribution < 1.29 is 89.0 Å². The van der Waals surface area contributed by atoms with Gasteiger partial charge in [0.25, 0.3) is 35.4 Å². The van der Waals surface area contributed by atoms with Gasteiger partial charge in [-0.1, -0.05) is 72.8 Å². The summed E-state index contributed by atoms with van der Waals surface area (Å²) < 4.78 is 82.9. The molecule has 33 nitrogen and oxygen atoms in total. The van der Waals surface area contributed by atoms with Gasteiger partial charge in [0, 0.05) is 194 Å². The van der Waals surface area contributed by atoms with Crippen molar-refractivity contribution in [2.24, 2.45) is 5.73 Å². The molecule has 10 N–H and O–H groups in total. The zero-order valence-corrected chi connectivity index (χ0v) is 73.2. The SMILES string of the molecule is CN1CCN(c2ccc(-c3cccc(CN4CCN(CCN)CC4)c3)cc2NC(=O)c2c[nH]c(=O)cc2C(F)(F)F)CC1.CN1CCN(c2ccc(-c3cccc(CN4CCN(CCNC(=O)CCc5cccc6c5C(=O)N(C5CCC(=O)NC5=O)C6=O)CC4)c3)cc2NC(=O)c2c[nH]c(=O)cc2C(F)(F)F)CC1.O=C(O)CCc1cccc2c1C(=O)N(C1CCC(=O)NC1=O)C2=O. The lowest BCUT2D eigenvalue weighted by atomic mass is 9.99. The highest BCUT2D eigenvalue weighted by Crippen LogP contribution is 2.40. The summed E-state index contributed by atoms with van der Waals surface area (Å²) in [6.07, 6.45) is -7.68. The van der Waals surface area contributed by atoms with Gasteiger partial charge in [-0.05, 0) is 133 Å². The molecule has 6 aromatic carbocycles. The van der Waals surface area contributed by atoms with Crippen molar-refractivity contribution >= 4 is 93.7 Å². The third-order valence-corrected chi connectivity index (χ3v) is 24.9. The van der Waals surface area contributed by atoms with Gasteiger partial charge in [-0.2, -0.15) is 26.3 Å². The van der Waals surface area contributed by atoms with Gasteiger partial charge < -0.3 is 56.4 Å². The number of hydrogen-bond acceptors (Lipinski definition) is 23. The van der Waals surface area contributed by atoms with Crippen LogP contribution in [0.2, 0.25) is 0 Å². The van der Waals surface area contributed by atoms with E-state index >= 15 is 0 Å². The van der Waals surface area contributed by atoms with Crippen LogP contribution in [0.15, 0.2) is 155 Å². The third-order valence-electron chi connectivity index (χ3n) is 24.9. The largest absolute Gasteiger partial charge is 0.481 e. The van der Waals surface area contributed by atoms with E-state index < -0.39 is 123 Å². The lowest BCUT2D eigenvalue weighted by molar-refractivity contribution is -0.138. The van der Waals surface area contributed by atoms with E-state index in [9.17, 15) is 93.5 Å². The Morgan fingerprint density at radius 3 is 1.24 bits per heavy atom. The molecule has 0 saturated carbocycles. The molecule has 700 valence electrons. The van der Waals surface area contributed by atoms with Gasteiger partial charge >= 0.3 is 18.3 Å². The van der Waals surface area contributed by atoms with Gasteiger partial charge in [-0.15, -0.1) is 0 Å². The Kier molecular flexibility index (Phi) is 30.2. The highest BCUT2D eigenvalue weighted by Gasteiger charge is 2.48. The molecular weight excluding hydrogens is 1740 g/mol. The molecular formula is C94H102F6N18O15. The van der Waals surface area contributed by atoms with Crippen molar-refractivity contribution in [3.8, 4) is 22.3 Å². The lowest BCUT2D eigenvalue weighted by Crippen LogP contribution is -2.54. The summed E-state index contributed by atoms with van der Waals surface area (Å²) in [6.45, 7) is 17.1. The van der Waals surface area contributed by atoms with E-state index in [4.69, 9.17) is 10.8 Å². The smallest absolute Gasteiger partial charge is 0.417 e. The zero-order valence-electron chi connectivity index (χ0n) is 73.2. The quantitative estimate of drug-likeness (QED) is 0.0215. The van der Waals surface area contributed by atoms with Crippen LogP contribution in [0.25, 0.3) is 22.3 Å². The number of aromatic nitrogens is 2. The number of H-pyrrole nitrogens is 2. The Balaban J connectivity index is 0.000000180. The molecule has 8 aliphatic rings. The summed E-state index contributed by atoms with van der Waals surface area (Å²) in [5, 5.41) is 21.6. The first-order valence-electron chi connectivity index (χ1n) is 43.9. The van der Waals surface area contributed by atoms with Crippen molar-refractivity contribution in [2.75, 3.05) is 165 Å². The zero-order chi connectivity index (χ0) is 94.7. The number of nitrogens with zero attached hydrogens (tertiary/aromatic N) is 10. The number of carbonyl (C=O) groups is 12. The highest BCUT2D eigenvalue weighted by molar-refractivity contribution is 6.25. The molecule has 39 heteroatoms. The van der Waals surface area contributed by atoms with Gasteiger partial charge in [-0.25, -0.2) is 0 Å². The Morgan fingerprint density at radius 2 is 0.842 bits per heavy atom. The van der Waals surface area contributed by atoms with Crippen LogP contribution >= 0.6 is 0 Å². The average Bonchev–Trinajstić information content (AvgIpc) is 1.61. The summed E-state index contributed by atoms with van der Waals surface area (Å²) in [6, 6.07) is 35.7. The van der Waals surface area contributed by atoms with Crippen LogP contribution in [0, 0.1) is 0 Å². The number of benzene rings is 6. The van der Waals surface area contributed by atoms with E-state index in [1.165, 1.54) is 12.1 Å². The molecule has 11 amide bonds. The molecule has 2 unspecified atom stereocenters. The average molecular weight is 1840 g/mol. The summed E-state index contributed by atoms with van der Waals surface area (Å²) in [4.78, 5) is 197. The van der Waals surface area contributed by atoms with Crippen LogP contribution in [-0.2, 0) is 67.1 Å². The number of rotatable bonds is 25. The molecule has 10 heterocycles. The number of carboxylic acid groups (broad SMARTS) is 1. The molecule has 0 spiro atoms. The lowest BCUT2D eigenvalue weighted by Gasteiger charge is -2.35. The summed E-state index contributed by atoms with van der Waals surface area (Å²) in [7, 11) is 4.04. The number of alkyl halides is 6. The second kappa shape index (κ2) is 42.0. The molecule has 6 saturated heterocycles. The molecule has 0 radical (unpaired) electrons. The Bertz CT molecular complexity index is 5930. The number of aryl methyl sites for hydroxylation is 2. The minimum atomic E-state index is -4.91. The van der Waals surface area contributed by atoms with Crippen LogP contribution < -0.4 is 53.2 Å². The molecule has 0 bridgehead atoms. The normalized spacial score (nSPS) is 18.5. The van der Waals surface area contributed by atoms with Gasteiger partial charge in [0.05, 0.1) is 67.3 Å². The van der Waals surface area contributed by atoms with E-state index in [0.29, 0.717) is 92.7 Å². The number of nitrogens with two attached hydrogens (primary N) is 1. The van der Waals surface area contributed by atoms with Crippen molar-refractivity contribution in [3.05, 3.63) is 233 Å². The first-order chi connectivity index (χ1) is 63.6.